The molecule has 52 heavy (non-hydrogen) atoms. The third kappa shape index (κ3) is 11.3. The number of nitrogens with one attached hydrogen (secondary N) is 3. The Morgan fingerprint density at radius 1 is 0.981 bits per heavy atom. The van der Waals surface area contributed by atoms with E-state index in [4.69, 9.17) is 23.9 Å². The van der Waals surface area contributed by atoms with E-state index in [1.807, 2.05) is 6.07 Å². The van der Waals surface area contributed by atoms with Crippen molar-refractivity contribution in [1.82, 2.24) is 20.5 Å². The van der Waals surface area contributed by atoms with Gasteiger partial charge in [-0.1, -0.05) is 12.5 Å². The van der Waals surface area contributed by atoms with Crippen molar-refractivity contribution in [1.29, 1.82) is 0 Å². The second-order valence-corrected chi connectivity index (χ2v) is 14.4. The molecule has 0 spiro atoms. The second-order valence-electron chi connectivity index (χ2n) is 13.4. The van der Waals surface area contributed by atoms with Crippen LogP contribution in [0.3, 0.4) is 0 Å². The number of halogens is 1. The van der Waals surface area contributed by atoms with Gasteiger partial charge in [-0.2, -0.15) is 0 Å². The molecule has 3 amide bonds. The molecular formula is C38H49FN6O6S. The van der Waals surface area contributed by atoms with E-state index in [0.29, 0.717) is 57.6 Å². The van der Waals surface area contributed by atoms with Crippen LogP contribution in [0.5, 0.6) is 11.5 Å². The van der Waals surface area contributed by atoms with Crippen molar-refractivity contribution in [2.75, 3.05) is 78.2 Å². The number of carbonyl (C=O) groups is 2. The Bertz CT molecular complexity index is 1710. The summed E-state index contributed by atoms with van der Waals surface area (Å²) in [5, 5.41) is 8.55. The Morgan fingerprint density at radius 3 is 2.62 bits per heavy atom. The molecule has 1 aromatic carbocycles. The lowest BCUT2D eigenvalue weighted by Gasteiger charge is -2.30. The summed E-state index contributed by atoms with van der Waals surface area (Å²) in [6, 6.07) is 7.97. The monoisotopic (exact) mass is 736 g/mol. The number of aliphatic imine (C=N–C) groups is 1. The van der Waals surface area contributed by atoms with Crippen LogP contribution in [-0.2, 0) is 19.0 Å². The summed E-state index contributed by atoms with van der Waals surface area (Å²) >= 11 is 1.51. The van der Waals surface area contributed by atoms with E-state index in [1.54, 1.807) is 25.4 Å². The van der Waals surface area contributed by atoms with Crippen LogP contribution in [0.1, 0.15) is 43.4 Å². The van der Waals surface area contributed by atoms with Gasteiger partial charge in [0.2, 0.25) is 5.91 Å². The van der Waals surface area contributed by atoms with Gasteiger partial charge in [-0.3, -0.25) is 14.8 Å². The number of allylic oxidation sites excluding steroid dienone is 1. The molecule has 2 aromatic heterocycles. The SMILES string of the molecule is COCCOCCOCCNC(=O)C1CCCCN(CC2C=CC(c3cc4nccc(Oc5ccc(NC(=O)NC6CC6)cc5F)c4s3)=NC2)CC1. The number of pyridine rings is 1. The average Bonchev–Trinajstić information content (AvgIpc) is 3.83. The minimum absolute atomic E-state index is 0.0137. The van der Waals surface area contributed by atoms with Crippen molar-refractivity contribution in [3.05, 3.63) is 59.4 Å². The highest BCUT2D eigenvalue weighted by Gasteiger charge is 2.25. The zero-order valence-corrected chi connectivity index (χ0v) is 30.6. The van der Waals surface area contributed by atoms with Crippen LogP contribution in [-0.4, -0.2) is 106 Å². The standard InChI is InChI=1S/C38H49FN6O6S/c1-48-18-19-50-21-20-49-17-14-41-37(46)27-4-2-3-15-45(16-12-27)25-26-5-9-31(42-24-26)35-23-32-36(52-35)34(11-13-40-32)51-33-10-8-29(22-30(33)39)44-38(47)43-28-6-7-28/h5,8-11,13,22-23,26-28H,2-4,6-7,12,14-21,24-25H2,1H3,(H,41,46)(H2,43,44,47). The van der Waals surface area contributed by atoms with Gasteiger partial charge < -0.3 is 39.8 Å². The number of anilines is 1. The van der Waals surface area contributed by atoms with Gasteiger partial charge in [0, 0.05) is 68.6 Å². The molecule has 4 heterocycles. The number of hydrogen-bond donors (Lipinski definition) is 3. The van der Waals surface area contributed by atoms with E-state index in [0.717, 1.165) is 79.0 Å². The fourth-order valence-corrected chi connectivity index (χ4v) is 7.32. The predicted molar refractivity (Wildman–Crippen MR) is 200 cm³/mol. The lowest BCUT2D eigenvalue weighted by molar-refractivity contribution is -0.126. The molecule has 3 aliphatic rings. The van der Waals surface area contributed by atoms with Crippen LogP contribution in [0, 0.1) is 17.7 Å². The lowest BCUT2D eigenvalue weighted by atomic mass is 9.94. The fraction of sp³-hybridized carbons (Fsp3) is 0.526. The summed E-state index contributed by atoms with van der Waals surface area (Å²) in [5.74, 6) is 0.406. The molecule has 2 atom stereocenters. The number of aromatic nitrogens is 1. The normalized spacial score (nSPS) is 19.5. The van der Waals surface area contributed by atoms with Crippen LogP contribution in [0.4, 0.5) is 14.9 Å². The smallest absolute Gasteiger partial charge is 0.319 e. The van der Waals surface area contributed by atoms with Crippen LogP contribution >= 0.6 is 11.3 Å². The van der Waals surface area contributed by atoms with Crippen molar-refractivity contribution in [3.8, 4) is 11.5 Å². The first-order valence-electron chi connectivity index (χ1n) is 18.3. The summed E-state index contributed by atoms with van der Waals surface area (Å²) in [7, 11) is 1.64. The molecule has 6 rings (SSSR count). The van der Waals surface area contributed by atoms with Crippen molar-refractivity contribution in [2.45, 2.75) is 44.6 Å². The van der Waals surface area contributed by atoms with Gasteiger partial charge in [0.1, 0.15) is 5.75 Å². The van der Waals surface area contributed by atoms with Crippen LogP contribution in [0.2, 0.25) is 0 Å². The predicted octanol–water partition coefficient (Wildman–Crippen LogP) is 5.77. The highest BCUT2D eigenvalue weighted by molar-refractivity contribution is 7.21. The van der Waals surface area contributed by atoms with Gasteiger partial charge in [-0.05, 0) is 69.5 Å². The van der Waals surface area contributed by atoms with Crippen LogP contribution < -0.4 is 20.7 Å². The number of carbonyl (C=O) groups excluding carboxylic acids is 2. The third-order valence-corrected chi connectivity index (χ3v) is 10.4. The maximum atomic E-state index is 15.0. The number of rotatable bonds is 17. The van der Waals surface area contributed by atoms with Gasteiger partial charge in [0.15, 0.2) is 11.6 Å². The molecule has 14 heteroatoms. The fourth-order valence-electron chi connectivity index (χ4n) is 6.27. The molecule has 1 saturated carbocycles. The molecule has 1 aliphatic carbocycles. The van der Waals surface area contributed by atoms with Gasteiger partial charge in [-0.15, -0.1) is 11.3 Å². The Balaban J connectivity index is 0.960. The van der Waals surface area contributed by atoms with Crippen molar-refractivity contribution >= 4 is 44.9 Å². The number of dihydropyridines is 1. The number of amides is 3. The molecule has 3 N–H and O–H groups in total. The Morgan fingerprint density at radius 2 is 1.83 bits per heavy atom. The highest BCUT2D eigenvalue weighted by atomic mass is 32.1. The first-order chi connectivity index (χ1) is 25.4. The maximum absolute atomic E-state index is 15.0. The Hall–Kier alpha value is -3.95. The minimum atomic E-state index is -0.576. The summed E-state index contributed by atoms with van der Waals surface area (Å²) < 4.78 is 37.7. The molecule has 12 nitrogen and oxygen atoms in total. The van der Waals surface area contributed by atoms with E-state index in [2.05, 4.69) is 38.0 Å². The molecule has 0 bridgehead atoms. The lowest BCUT2D eigenvalue weighted by Crippen LogP contribution is -2.39. The van der Waals surface area contributed by atoms with Crippen molar-refractivity contribution in [3.63, 3.8) is 0 Å². The largest absolute Gasteiger partial charge is 0.453 e. The quantitative estimate of drug-likeness (QED) is 0.149. The Kier molecular flexibility index (Phi) is 14.0. The van der Waals surface area contributed by atoms with Crippen LogP contribution in [0.15, 0.2) is 53.7 Å². The third-order valence-electron chi connectivity index (χ3n) is 9.26. The van der Waals surface area contributed by atoms with E-state index in [9.17, 15) is 9.59 Å². The Labute approximate surface area is 308 Å². The maximum Gasteiger partial charge on any atom is 0.319 e. The number of methoxy groups -OCH3 is 1. The summed E-state index contributed by atoms with van der Waals surface area (Å²) in [6.07, 6.45) is 11.8. The van der Waals surface area contributed by atoms with Gasteiger partial charge in [0.25, 0.3) is 0 Å². The van der Waals surface area contributed by atoms with Crippen molar-refractivity contribution in [2.24, 2.45) is 16.8 Å². The van der Waals surface area contributed by atoms with Gasteiger partial charge >= 0.3 is 6.03 Å². The summed E-state index contributed by atoms with van der Waals surface area (Å²) in [5.41, 5.74) is 2.00. The first-order valence-corrected chi connectivity index (χ1v) is 19.1. The molecule has 3 aromatic rings. The number of nitrogens with zero attached hydrogens (tertiary/aromatic N) is 3. The molecular weight excluding hydrogens is 688 g/mol. The van der Waals surface area contributed by atoms with E-state index in [1.165, 1.54) is 23.5 Å². The number of benzene rings is 1. The number of ether oxygens (including phenoxy) is 4. The van der Waals surface area contributed by atoms with Gasteiger partial charge in [-0.25, -0.2) is 9.18 Å². The highest BCUT2D eigenvalue weighted by Crippen LogP contribution is 2.37. The van der Waals surface area contributed by atoms with E-state index < -0.39 is 5.82 Å². The topological polar surface area (TPSA) is 136 Å². The first kappa shape index (κ1) is 37.8. The molecule has 280 valence electrons. The zero-order valence-electron chi connectivity index (χ0n) is 29.7. The molecule has 2 fully saturated rings. The van der Waals surface area contributed by atoms with E-state index >= 15 is 4.39 Å². The minimum Gasteiger partial charge on any atom is -0.453 e. The van der Waals surface area contributed by atoms with Crippen LogP contribution in [0.25, 0.3) is 10.2 Å². The number of urea groups is 1. The zero-order chi connectivity index (χ0) is 36.1. The molecule has 2 aliphatic heterocycles. The molecule has 1 saturated heterocycles. The number of fused-ring (bicyclic) bond motifs is 1. The van der Waals surface area contributed by atoms with Gasteiger partial charge in [0.05, 0.1) is 53.8 Å². The van der Waals surface area contributed by atoms with Crippen molar-refractivity contribution < 1.29 is 32.9 Å². The van der Waals surface area contributed by atoms with E-state index in [-0.39, 0.29) is 35.6 Å². The molecule has 2 unspecified atom stereocenters. The average molecular weight is 737 g/mol. The summed E-state index contributed by atoms with van der Waals surface area (Å²) in [6.45, 7) is 6.59. The summed E-state index contributed by atoms with van der Waals surface area (Å²) in [4.78, 5) is 37.8. The number of thiophene rings is 1. The molecule has 0 radical (unpaired) electrons. The number of likely N-dealkylation sites (tertiary alicyclic amines) is 1. The second kappa shape index (κ2) is 19.2. The number of hydrogen-bond acceptors (Lipinski definition) is 10.